The lowest BCUT2D eigenvalue weighted by molar-refractivity contribution is 0.0517. The van der Waals surface area contributed by atoms with Gasteiger partial charge in [0.1, 0.15) is 11.1 Å². The second kappa shape index (κ2) is 16.9. The van der Waals surface area contributed by atoms with Crippen LogP contribution < -0.4 is 5.73 Å². The summed E-state index contributed by atoms with van der Waals surface area (Å²) in [5.74, 6) is -0.942. The Labute approximate surface area is 269 Å². The summed E-state index contributed by atoms with van der Waals surface area (Å²) in [6, 6.07) is 9.95. The molecule has 0 spiro atoms. The van der Waals surface area contributed by atoms with Crippen molar-refractivity contribution in [3.8, 4) is 11.3 Å². The highest BCUT2D eigenvalue weighted by atomic mass is 79.9. The molecule has 0 fully saturated rings. The molecule has 44 heavy (non-hydrogen) atoms. The summed E-state index contributed by atoms with van der Waals surface area (Å²) in [4.78, 5) is 46.4. The molecule has 16 heteroatoms. The summed E-state index contributed by atoms with van der Waals surface area (Å²) in [6.45, 7) is 3.99. The molecule has 0 unspecified atom stereocenters. The van der Waals surface area contributed by atoms with Gasteiger partial charge in [-0.1, -0.05) is 39.1 Å². The molecule has 228 valence electrons. The molecular formula is C28H25BrCl2N8O5. The fourth-order valence-electron chi connectivity index (χ4n) is 3.31. The van der Waals surface area contributed by atoms with Crippen molar-refractivity contribution in [2.24, 2.45) is 0 Å². The summed E-state index contributed by atoms with van der Waals surface area (Å²) < 4.78 is 11.2. The van der Waals surface area contributed by atoms with E-state index in [1.807, 2.05) is 12.1 Å². The lowest BCUT2D eigenvalue weighted by Crippen LogP contribution is -2.10. The molecule has 0 aromatic carbocycles. The normalized spacial score (nSPS) is 10.1. The standard InChI is InChI=1S/C14H11ClN4O2.C7H6BrNO.C7H8ClN3O2/c1-2-21-14(20)10-6-12(15)18-19-8-11(17-13(10)19)9-4-3-5-16-7-9;8-4-7(10)6-2-1-3-9-5-6;1-2-13-7(12)4-3-5(8)10-11-6(4)9/h3-8H,2H2,1H3;1-3,5H,4H2;3H,2H2,1H3,(H2,9,11). The monoisotopic (exact) mass is 702 g/mol. The largest absolute Gasteiger partial charge is 0.462 e. The van der Waals surface area contributed by atoms with E-state index in [4.69, 9.17) is 38.4 Å². The first-order valence-electron chi connectivity index (χ1n) is 12.8. The van der Waals surface area contributed by atoms with Gasteiger partial charge in [-0.2, -0.15) is 5.10 Å². The molecule has 5 aromatic heterocycles. The zero-order valence-electron chi connectivity index (χ0n) is 23.4. The Bertz CT molecular complexity index is 1730. The van der Waals surface area contributed by atoms with Crippen molar-refractivity contribution in [3.63, 3.8) is 0 Å². The Morgan fingerprint density at radius 1 is 0.909 bits per heavy atom. The zero-order valence-corrected chi connectivity index (χ0v) is 26.5. The van der Waals surface area contributed by atoms with Crippen LogP contribution in [-0.4, -0.2) is 71.0 Å². The number of esters is 2. The molecule has 0 saturated heterocycles. The van der Waals surface area contributed by atoms with E-state index in [-0.39, 0.29) is 46.2 Å². The number of Topliss-reactive ketones (excluding diaryl/α,β-unsaturated/α-hetero) is 1. The first-order chi connectivity index (χ1) is 21.2. The molecule has 5 heterocycles. The number of alkyl halides is 1. The van der Waals surface area contributed by atoms with Gasteiger partial charge in [-0.25, -0.2) is 19.1 Å². The maximum atomic E-state index is 12.0. The molecule has 0 atom stereocenters. The van der Waals surface area contributed by atoms with Crippen LogP contribution in [0.25, 0.3) is 16.9 Å². The molecular weight excluding hydrogens is 679 g/mol. The lowest BCUT2D eigenvalue weighted by Gasteiger charge is -2.03. The van der Waals surface area contributed by atoms with Crippen LogP contribution in [0.4, 0.5) is 5.82 Å². The van der Waals surface area contributed by atoms with Gasteiger partial charge in [0.2, 0.25) is 0 Å². The van der Waals surface area contributed by atoms with E-state index in [9.17, 15) is 14.4 Å². The zero-order chi connectivity index (χ0) is 32.1. The average molecular weight is 704 g/mol. The van der Waals surface area contributed by atoms with Crippen LogP contribution in [0.3, 0.4) is 0 Å². The van der Waals surface area contributed by atoms with Gasteiger partial charge in [-0.15, -0.1) is 10.2 Å². The Kier molecular flexibility index (Phi) is 13.1. The van der Waals surface area contributed by atoms with Crippen molar-refractivity contribution in [2.45, 2.75) is 13.8 Å². The summed E-state index contributed by atoms with van der Waals surface area (Å²) in [5.41, 5.74) is 8.35. The summed E-state index contributed by atoms with van der Waals surface area (Å²) in [6.07, 6.45) is 8.27. The van der Waals surface area contributed by atoms with Gasteiger partial charge >= 0.3 is 11.9 Å². The second-order valence-electron chi connectivity index (χ2n) is 8.22. The van der Waals surface area contributed by atoms with Crippen LogP contribution in [0, 0.1) is 0 Å². The Hall–Kier alpha value is -4.53. The number of ketones is 1. The minimum Gasteiger partial charge on any atom is -0.462 e. The number of ether oxygens (including phenoxy) is 2. The molecule has 5 rings (SSSR count). The topological polar surface area (TPSA) is 177 Å². The van der Waals surface area contributed by atoms with Crippen LogP contribution in [0.2, 0.25) is 10.3 Å². The predicted octanol–water partition coefficient (Wildman–Crippen LogP) is 5.17. The van der Waals surface area contributed by atoms with Crippen molar-refractivity contribution < 1.29 is 23.9 Å². The number of carbonyl (C=O) groups is 3. The van der Waals surface area contributed by atoms with Crippen LogP contribution in [0.5, 0.6) is 0 Å². The average Bonchev–Trinajstić information content (AvgIpc) is 3.47. The van der Waals surface area contributed by atoms with E-state index < -0.39 is 11.9 Å². The number of hydrogen-bond acceptors (Lipinski definition) is 12. The maximum Gasteiger partial charge on any atom is 0.342 e. The number of aromatic nitrogens is 7. The second-order valence-corrected chi connectivity index (χ2v) is 9.56. The Morgan fingerprint density at radius 3 is 2.14 bits per heavy atom. The van der Waals surface area contributed by atoms with Crippen molar-refractivity contribution in [1.29, 1.82) is 0 Å². The van der Waals surface area contributed by atoms with Gasteiger partial charge in [-0.3, -0.25) is 14.8 Å². The van der Waals surface area contributed by atoms with Crippen molar-refractivity contribution in [3.05, 3.63) is 94.4 Å². The molecule has 0 amide bonds. The first kappa shape index (κ1) is 34.0. The third-order valence-electron chi connectivity index (χ3n) is 5.24. The number of rotatable bonds is 7. The number of carbonyl (C=O) groups excluding carboxylic acids is 3. The highest BCUT2D eigenvalue weighted by Gasteiger charge is 2.17. The van der Waals surface area contributed by atoms with E-state index in [1.54, 1.807) is 57.0 Å². The number of nitrogen functional groups attached to an aromatic ring is 1. The fourth-order valence-corrected chi connectivity index (χ4v) is 3.97. The molecule has 13 nitrogen and oxygen atoms in total. The van der Waals surface area contributed by atoms with Crippen molar-refractivity contribution in [1.82, 2.24) is 34.8 Å². The van der Waals surface area contributed by atoms with Crippen molar-refractivity contribution >= 4 is 68.3 Å². The third-order valence-corrected chi connectivity index (χ3v) is 6.12. The number of imidazole rings is 1. The quantitative estimate of drug-likeness (QED) is 0.134. The Balaban J connectivity index is 0.000000197. The first-order valence-corrected chi connectivity index (χ1v) is 14.6. The van der Waals surface area contributed by atoms with Gasteiger partial charge < -0.3 is 15.2 Å². The van der Waals surface area contributed by atoms with Gasteiger partial charge in [0.25, 0.3) is 0 Å². The number of hydrogen-bond donors (Lipinski definition) is 1. The van der Waals surface area contributed by atoms with Crippen LogP contribution in [0.1, 0.15) is 44.9 Å². The highest BCUT2D eigenvalue weighted by Crippen LogP contribution is 2.21. The van der Waals surface area contributed by atoms with Crippen LogP contribution in [-0.2, 0) is 9.47 Å². The number of fused-ring (bicyclic) bond motifs is 1. The number of nitrogens with two attached hydrogens (primary N) is 1. The van der Waals surface area contributed by atoms with E-state index in [0.717, 1.165) is 5.56 Å². The summed E-state index contributed by atoms with van der Waals surface area (Å²) >= 11 is 14.5. The minimum atomic E-state index is -0.545. The molecule has 5 aromatic rings. The van der Waals surface area contributed by atoms with Crippen LogP contribution in [0.15, 0.2) is 67.4 Å². The predicted molar refractivity (Wildman–Crippen MR) is 167 cm³/mol. The SMILES string of the molecule is CCOC(=O)c1cc(Cl)nn2cc(-c3cccnc3)nc12.CCOC(=O)c1cc(Cl)nnc1N.O=C(CBr)c1cccnc1. The highest BCUT2D eigenvalue weighted by molar-refractivity contribution is 9.09. The maximum absolute atomic E-state index is 12.0. The molecule has 2 N–H and O–H groups in total. The summed E-state index contributed by atoms with van der Waals surface area (Å²) in [7, 11) is 0. The van der Waals surface area contributed by atoms with E-state index in [0.29, 0.717) is 22.2 Å². The summed E-state index contributed by atoms with van der Waals surface area (Å²) in [5, 5.41) is 11.7. The molecule has 0 aliphatic rings. The lowest BCUT2D eigenvalue weighted by atomic mass is 10.2. The van der Waals surface area contributed by atoms with E-state index >= 15 is 0 Å². The van der Waals surface area contributed by atoms with Gasteiger partial charge in [0.15, 0.2) is 27.6 Å². The van der Waals surface area contributed by atoms with E-state index in [2.05, 4.69) is 46.2 Å². The minimum absolute atomic E-state index is 0.0165. The molecule has 0 bridgehead atoms. The smallest absolute Gasteiger partial charge is 0.342 e. The van der Waals surface area contributed by atoms with Gasteiger partial charge in [0.05, 0.1) is 30.4 Å². The Morgan fingerprint density at radius 2 is 1.55 bits per heavy atom. The van der Waals surface area contributed by atoms with Gasteiger partial charge in [0, 0.05) is 35.9 Å². The number of nitrogens with zero attached hydrogens (tertiary/aromatic N) is 7. The van der Waals surface area contributed by atoms with Crippen molar-refractivity contribution in [2.75, 3.05) is 24.3 Å². The molecule has 0 aliphatic carbocycles. The number of halogens is 3. The van der Waals surface area contributed by atoms with E-state index in [1.165, 1.54) is 16.6 Å². The van der Waals surface area contributed by atoms with Crippen LogP contribution >= 0.6 is 39.1 Å². The number of anilines is 1. The fraction of sp³-hybridized carbons (Fsp3) is 0.179. The molecule has 0 radical (unpaired) electrons. The van der Waals surface area contributed by atoms with Gasteiger partial charge in [-0.05, 0) is 50.2 Å². The molecule has 0 aliphatic heterocycles. The third kappa shape index (κ3) is 9.49. The molecule has 0 saturated carbocycles. The number of pyridine rings is 2.